The zero-order valence-electron chi connectivity index (χ0n) is 17.2. The van der Waals surface area contributed by atoms with Crippen LogP contribution in [0.2, 0.25) is 0 Å². The number of carbonyl (C=O) groups excluding carboxylic acids is 2. The standard InChI is InChI=1S/C25H26N2O3/c1-19(28)21-9-11-22(12-10-21)26-16-13-23(14-17-26)30-25(29)24-8-5-15-27(24)18-20-6-3-2-4-7-20/h2-12,15,23H,13-14,16-18H2,1H3. The molecule has 1 aromatic heterocycles. The molecule has 0 saturated carbocycles. The predicted molar refractivity (Wildman–Crippen MR) is 117 cm³/mol. The van der Waals surface area contributed by atoms with Crippen LogP contribution in [-0.4, -0.2) is 35.5 Å². The number of ketones is 1. The fourth-order valence-corrected chi connectivity index (χ4v) is 3.87. The molecule has 1 saturated heterocycles. The van der Waals surface area contributed by atoms with Gasteiger partial charge in [-0.2, -0.15) is 0 Å². The summed E-state index contributed by atoms with van der Waals surface area (Å²) in [6.07, 6.45) is 3.42. The van der Waals surface area contributed by atoms with Crippen LogP contribution in [0.3, 0.4) is 0 Å². The molecular weight excluding hydrogens is 376 g/mol. The second kappa shape index (κ2) is 8.99. The van der Waals surface area contributed by atoms with Crippen LogP contribution >= 0.6 is 0 Å². The Balaban J connectivity index is 1.33. The van der Waals surface area contributed by atoms with Crippen molar-refractivity contribution in [3.63, 3.8) is 0 Å². The number of aromatic nitrogens is 1. The number of Topliss-reactive ketones (excluding diaryl/α,β-unsaturated/α-hetero) is 1. The van der Waals surface area contributed by atoms with Gasteiger partial charge in [0.25, 0.3) is 0 Å². The fraction of sp³-hybridized carbons (Fsp3) is 0.280. The first kappa shape index (κ1) is 20.0. The average Bonchev–Trinajstić information content (AvgIpc) is 3.23. The SMILES string of the molecule is CC(=O)c1ccc(N2CCC(OC(=O)c3cccn3Cc3ccccc3)CC2)cc1. The van der Waals surface area contributed by atoms with Crippen molar-refractivity contribution in [2.75, 3.05) is 18.0 Å². The molecule has 0 atom stereocenters. The molecule has 3 aromatic rings. The Kier molecular flexibility index (Phi) is 5.98. The Morgan fingerprint density at radius 2 is 1.63 bits per heavy atom. The van der Waals surface area contributed by atoms with E-state index in [0.717, 1.165) is 42.7 Å². The lowest BCUT2D eigenvalue weighted by Gasteiger charge is -2.33. The van der Waals surface area contributed by atoms with Crippen LogP contribution in [-0.2, 0) is 11.3 Å². The molecule has 0 aliphatic carbocycles. The van der Waals surface area contributed by atoms with Gasteiger partial charge in [0.2, 0.25) is 0 Å². The van der Waals surface area contributed by atoms with Crippen molar-refractivity contribution in [3.8, 4) is 0 Å². The molecule has 1 aliphatic rings. The summed E-state index contributed by atoms with van der Waals surface area (Å²) in [4.78, 5) is 26.5. The van der Waals surface area contributed by atoms with Crippen molar-refractivity contribution < 1.29 is 14.3 Å². The minimum atomic E-state index is -0.264. The molecule has 0 amide bonds. The predicted octanol–water partition coefficient (Wildman–Crippen LogP) is 4.56. The van der Waals surface area contributed by atoms with Crippen LogP contribution in [0.25, 0.3) is 0 Å². The van der Waals surface area contributed by atoms with Crippen LogP contribution in [0.4, 0.5) is 5.69 Å². The molecule has 0 radical (unpaired) electrons. The Bertz CT molecular complexity index is 1000. The molecule has 5 nitrogen and oxygen atoms in total. The zero-order chi connectivity index (χ0) is 20.9. The minimum Gasteiger partial charge on any atom is -0.458 e. The summed E-state index contributed by atoms with van der Waals surface area (Å²) in [7, 11) is 0. The maximum Gasteiger partial charge on any atom is 0.355 e. The largest absolute Gasteiger partial charge is 0.458 e. The molecule has 30 heavy (non-hydrogen) atoms. The number of rotatable bonds is 6. The topological polar surface area (TPSA) is 51.5 Å². The summed E-state index contributed by atoms with van der Waals surface area (Å²) < 4.78 is 7.75. The van der Waals surface area contributed by atoms with Crippen molar-refractivity contribution in [2.24, 2.45) is 0 Å². The highest BCUT2D eigenvalue weighted by Gasteiger charge is 2.24. The number of piperidine rings is 1. The lowest BCUT2D eigenvalue weighted by atomic mass is 10.1. The number of benzene rings is 2. The van der Waals surface area contributed by atoms with Gasteiger partial charge >= 0.3 is 5.97 Å². The summed E-state index contributed by atoms with van der Waals surface area (Å²) in [6.45, 7) is 3.86. The summed E-state index contributed by atoms with van der Waals surface area (Å²) in [5.74, 6) is -0.190. The Morgan fingerprint density at radius 1 is 0.933 bits per heavy atom. The molecule has 1 fully saturated rings. The van der Waals surface area contributed by atoms with Gasteiger partial charge in [0.05, 0.1) is 0 Å². The number of nitrogens with zero attached hydrogens (tertiary/aromatic N) is 2. The van der Waals surface area contributed by atoms with Gasteiger partial charge in [-0.3, -0.25) is 4.79 Å². The molecule has 5 heteroatoms. The van der Waals surface area contributed by atoms with Gasteiger partial charge in [0.1, 0.15) is 11.8 Å². The second-order valence-electron chi connectivity index (χ2n) is 7.70. The van der Waals surface area contributed by atoms with Gasteiger partial charge in [-0.25, -0.2) is 4.79 Å². The first-order chi connectivity index (χ1) is 14.6. The van der Waals surface area contributed by atoms with E-state index >= 15 is 0 Å². The Hall–Kier alpha value is -3.34. The second-order valence-corrected chi connectivity index (χ2v) is 7.70. The van der Waals surface area contributed by atoms with E-state index in [-0.39, 0.29) is 17.9 Å². The molecule has 154 valence electrons. The van der Waals surface area contributed by atoms with E-state index in [0.29, 0.717) is 12.2 Å². The van der Waals surface area contributed by atoms with Gasteiger partial charge in [0, 0.05) is 49.9 Å². The third-order valence-corrected chi connectivity index (χ3v) is 5.59. The van der Waals surface area contributed by atoms with Gasteiger partial charge < -0.3 is 14.2 Å². The average molecular weight is 402 g/mol. The van der Waals surface area contributed by atoms with E-state index in [2.05, 4.69) is 4.90 Å². The van der Waals surface area contributed by atoms with Crippen LogP contribution in [0.5, 0.6) is 0 Å². The first-order valence-corrected chi connectivity index (χ1v) is 10.4. The Morgan fingerprint density at radius 3 is 2.30 bits per heavy atom. The molecular formula is C25H26N2O3. The van der Waals surface area contributed by atoms with E-state index in [1.807, 2.05) is 77.5 Å². The minimum absolute atomic E-state index is 0.0733. The molecule has 0 bridgehead atoms. The third kappa shape index (κ3) is 4.62. The van der Waals surface area contributed by atoms with Crippen molar-refractivity contribution in [3.05, 3.63) is 89.7 Å². The van der Waals surface area contributed by atoms with Crippen molar-refractivity contribution in [2.45, 2.75) is 32.4 Å². The molecule has 1 aliphatic heterocycles. The highest BCUT2D eigenvalue weighted by Crippen LogP contribution is 2.23. The first-order valence-electron chi connectivity index (χ1n) is 10.4. The van der Waals surface area contributed by atoms with Crippen molar-refractivity contribution >= 4 is 17.4 Å². The highest BCUT2D eigenvalue weighted by atomic mass is 16.5. The van der Waals surface area contributed by atoms with Gasteiger partial charge in [-0.05, 0) is 48.9 Å². The van der Waals surface area contributed by atoms with Crippen LogP contribution in [0, 0.1) is 0 Å². The van der Waals surface area contributed by atoms with E-state index < -0.39 is 0 Å². The fourth-order valence-electron chi connectivity index (χ4n) is 3.87. The van der Waals surface area contributed by atoms with Crippen molar-refractivity contribution in [1.29, 1.82) is 0 Å². The molecule has 2 heterocycles. The summed E-state index contributed by atoms with van der Waals surface area (Å²) >= 11 is 0. The number of esters is 1. The number of hydrogen-bond acceptors (Lipinski definition) is 4. The summed E-state index contributed by atoms with van der Waals surface area (Å²) in [5.41, 5.74) is 3.55. The van der Waals surface area contributed by atoms with E-state index in [9.17, 15) is 9.59 Å². The quantitative estimate of drug-likeness (QED) is 0.448. The smallest absolute Gasteiger partial charge is 0.355 e. The van der Waals surface area contributed by atoms with Crippen LogP contribution in [0.15, 0.2) is 72.9 Å². The molecule has 4 rings (SSSR count). The zero-order valence-corrected chi connectivity index (χ0v) is 17.2. The lowest BCUT2D eigenvalue weighted by Crippen LogP contribution is -2.38. The van der Waals surface area contributed by atoms with E-state index in [4.69, 9.17) is 4.74 Å². The monoisotopic (exact) mass is 402 g/mol. The van der Waals surface area contributed by atoms with Gasteiger partial charge in [-0.15, -0.1) is 0 Å². The van der Waals surface area contributed by atoms with E-state index in [1.165, 1.54) is 0 Å². The number of carbonyl (C=O) groups is 2. The number of ether oxygens (including phenoxy) is 1. The molecule has 0 spiro atoms. The number of anilines is 1. The summed E-state index contributed by atoms with van der Waals surface area (Å²) in [6, 6.07) is 21.5. The maximum atomic E-state index is 12.7. The summed E-state index contributed by atoms with van der Waals surface area (Å²) in [5, 5.41) is 0. The highest BCUT2D eigenvalue weighted by molar-refractivity contribution is 5.94. The number of hydrogen-bond donors (Lipinski definition) is 0. The van der Waals surface area contributed by atoms with Crippen LogP contribution < -0.4 is 4.90 Å². The lowest BCUT2D eigenvalue weighted by molar-refractivity contribution is 0.0233. The Labute approximate surface area is 176 Å². The normalized spacial score (nSPS) is 14.5. The maximum absolute atomic E-state index is 12.7. The molecule has 0 N–H and O–H groups in total. The third-order valence-electron chi connectivity index (χ3n) is 5.59. The van der Waals surface area contributed by atoms with Gasteiger partial charge in [0.15, 0.2) is 5.78 Å². The van der Waals surface area contributed by atoms with Gasteiger partial charge in [-0.1, -0.05) is 30.3 Å². The van der Waals surface area contributed by atoms with Crippen LogP contribution in [0.1, 0.15) is 46.2 Å². The molecule has 2 aromatic carbocycles. The van der Waals surface area contributed by atoms with E-state index in [1.54, 1.807) is 6.92 Å². The van der Waals surface area contributed by atoms with Crippen molar-refractivity contribution in [1.82, 2.24) is 4.57 Å². The molecule has 0 unspecified atom stereocenters.